The predicted octanol–water partition coefficient (Wildman–Crippen LogP) is -0.782. The fourth-order valence-corrected chi connectivity index (χ4v) is 1.44. The molecule has 0 saturated carbocycles. The van der Waals surface area contributed by atoms with Gasteiger partial charge in [-0.3, -0.25) is 14.3 Å². The zero-order chi connectivity index (χ0) is 13.1. The van der Waals surface area contributed by atoms with Crippen LogP contribution in [0.5, 0.6) is 5.75 Å². The summed E-state index contributed by atoms with van der Waals surface area (Å²) in [5, 5.41) is 8.61. The Labute approximate surface area is 97.0 Å². The lowest BCUT2D eigenvalue weighted by molar-refractivity contribution is -0.138. The highest BCUT2D eigenvalue weighted by Gasteiger charge is 2.18. The van der Waals surface area contributed by atoms with Crippen LogP contribution in [0.25, 0.3) is 0 Å². The quantitative estimate of drug-likeness (QED) is 0.587. The van der Waals surface area contributed by atoms with Crippen LogP contribution in [-0.4, -0.2) is 35.1 Å². The van der Waals surface area contributed by atoms with Gasteiger partial charge in [0.2, 0.25) is 0 Å². The summed E-state index contributed by atoms with van der Waals surface area (Å²) in [7, 11) is -4.68. The van der Waals surface area contributed by atoms with Gasteiger partial charge in [0.05, 0.1) is 5.69 Å². The lowest BCUT2D eigenvalue weighted by Gasteiger charge is -2.09. The number of aliphatic carboxylic acids is 1. The lowest BCUT2D eigenvalue weighted by Crippen LogP contribution is -2.32. The normalized spacial score (nSPS) is 13.1. The van der Waals surface area contributed by atoms with Crippen LogP contribution < -0.4 is 9.92 Å². The molecule has 0 fully saturated rings. The van der Waals surface area contributed by atoms with Crippen molar-refractivity contribution in [2.75, 3.05) is 0 Å². The molecule has 4 N–H and O–H groups in total. The highest BCUT2D eigenvalue weighted by atomic mass is 32.3. The molecule has 17 heavy (non-hydrogen) atoms. The van der Waals surface area contributed by atoms with Crippen LogP contribution in [0.3, 0.4) is 0 Å². The van der Waals surface area contributed by atoms with E-state index < -0.39 is 22.4 Å². The first kappa shape index (κ1) is 13.4. The molecule has 0 amide bonds. The molecule has 0 saturated heterocycles. The summed E-state index contributed by atoms with van der Waals surface area (Å²) < 4.78 is 33.8. The second-order valence-corrected chi connectivity index (χ2v) is 4.13. The van der Waals surface area contributed by atoms with Crippen LogP contribution in [0.2, 0.25) is 0 Å². The fraction of sp³-hybridized carbons (Fsp3) is 0.250. The van der Waals surface area contributed by atoms with Crippen molar-refractivity contribution in [1.82, 2.24) is 4.98 Å². The predicted molar refractivity (Wildman–Crippen MR) is 55.7 cm³/mol. The fourth-order valence-electron chi connectivity index (χ4n) is 1.06. The van der Waals surface area contributed by atoms with Crippen LogP contribution >= 0.6 is 0 Å². The lowest BCUT2D eigenvalue weighted by atomic mass is 10.1. The van der Waals surface area contributed by atoms with Crippen LogP contribution in [0.1, 0.15) is 5.69 Å². The number of aromatic nitrogens is 1. The van der Waals surface area contributed by atoms with Gasteiger partial charge in [-0.25, -0.2) is 0 Å². The Hall–Kier alpha value is -1.71. The second-order valence-electron chi connectivity index (χ2n) is 3.11. The van der Waals surface area contributed by atoms with E-state index in [1.165, 1.54) is 18.3 Å². The minimum atomic E-state index is -4.68. The van der Waals surface area contributed by atoms with Gasteiger partial charge in [-0.2, -0.15) is 8.42 Å². The van der Waals surface area contributed by atoms with Gasteiger partial charge in [-0.15, -0.1) is 0 Å². The number of carboxylic acids is 1. The van der Waals surface area contributed by atoms with E-state index >= 15 is 0 Å². The van der Waals surface area contributed by atoms with E-state index in [-0.39, 0.29) is 17.9 Å². The number of hydrogen-bond donors (Lipinski definition) is 3. The standard InChI is InChI=1S/C8H10N2O6S/c9-5(8(11)12)4-6-7(2-1-3-10-6)16-17(13,14)15/h1-3,5H,4,9H2,(H,11,12)(H,13,14,15). The van der Waals surface area contributed by atoms with Crippen molar-refractivity contribution in [1.29, 1.82) is 0 Å². The number of pyridine rings is 1. The Morgan fingerprint density at radius 2 is 2.24 bits per heavy atom. The highest BCUT2D eigenvalue weighted by molar-refractivity contribution is 7.81. The number of nitrogens with two attached hydrogens (primary N) is 1. The first-order valence-electron chi connectivity index (χ1n) is 4.39. The smallest absolute Gasteiger partial charge is 0.446 e. The third-order valence-corrected chi connectivity index (χ3v) is 2.16. The van der Waals surface area contributed by atoms with Gasteiger partial charge in [0.15, 0.2) is 5.75 Å². The Bertz CT molecular complexity index is 515. The highest BCUT2D eigenvalue weighted by Crippen LogP contribution is 2.18. The van der Waals surface area contributed by atoms with Crippen molar-refractivity contribution in [3.05, 3.63) is 24.0 Å². The molecule has 0 aliphatic heterocycles. The number of rotatable bonds is 5. The third kappa shape index (κ3) is 4.34. The van der Waals surface area contributed by atoms with Crippen molar-refractivity contribution >= 4 is 16.4 Å². The van der Waals surface area contributed by atoms with E-state index in [1.807, 2.05) is 0 Å². The van der Waals surface area contributed by atoms with E-state index in [0.29, 0.717) is 0 Å². The maximum absolute atomic E-state index is 10.5. The number of hydrogen-bond acceptors (Lipinski definition) is 6. The molecule has 8 nitrogen and oxygen atoms in total. The van der Waals surface area contributed by atoms with E-state index in [0.717, 1.165) is 0 Å². The van der Waals surface area contributed by atoms with Gasteiger partial charge in [0.25, 0.3) is 0 Å². The van der Waals surface area contributed by atoms with Crippen LogP contribution in [0, 0.1) is 0 Å². The molecule has 0 radical (unpaired) electrons. The molecule has 1 aromatic rings. The molecule has 1 heterocycles. The van der Waals surface area contributed by atoms with Gasteiger partial charge in [-0.05, 0) is 12.1 Å². The molecule has 9 heteroatoms. The zero-order valence-electron chi connectivity index (χ0n) is 8.48. The summed E-state index contributed by atoms with van der Waals surface area (Å²) in [6, 6.07) is 1.36. The molecule has 0 aromatic carbocycles. The zero-order valence-corrected chi connectivity index (χ0v) is 9.29. The SMILES string of the molecule is NC(Cc1ncccc1OS(=O)(=O)O)C(=O)O. The average molecular weight is 262 g/mol. The van der Waals surface area contributed by atoms with Crippen molar-refractivity contribution in [2.24, 2.45) is 5.73 Å². The first-order valence-corrected chi connectivity index (χ1v) is 5.75. The largest absolute Gasteiger partial charge is 0.480 e. The molecular weight excluding hydrogens is 252 g/mol. The van der Waals surface area contributed by atoms with E-state index in [2.05, 4.69) is 9.17 Å². The molecule has 0 bridgehead atoms. The third-order valence-electron chi connectivity index (χ3n) is 1.77. The molecule has 0 aliphatic carbocycles. The van der Waals surface area contributed by atoms with Crippen molar-refractivity contribution in [3.63, 3.8) is 0 Å². The first-order chi connectivity index (χ1) is 7.79. The van der Waals surface area contributed by atoms with Gasteiger partial charge in [0.1, 0.15) is 6.04 Å². The summed E-state index contributed by atoms with van der Waals surface area (Å²) in [6.07, 6.45) is 1.10. The molecular formula is C8H10N2O6S. The number of carboxylic acid groups (broad SMARTS) is 1. The topological polar surface area (TPSA) is 140 Å². The van der Waals surface area contributed by atoms with Gasteiger partial charge >= 0.3 is 16.4 Å². The van der Waals surface area contributed by atoms with Crippen molar-refractivity contribution in [2.45, 2.75) is 12.5 Å². The Kier molecular flexibility index (Phi) is 3.99. The van der Waals surface area contributed by atoms with Crippen molar-refractivity contribution in [3.8, 4) is 5.75 Å². The van der Waals surface area contributed by atoms with Gasteiger partial charge in [-0.1, -0.05) is 0 Å². The summed E-state index contributed by atoms with van der Waals surface area (Å²) >= 11 is 0. The van der Waals surface area contributed by atoms with E-state index in [9.17, 15) is 13.2 Å². The molecule has 1 rings (SSSR count). The molecule has 94 valence electrons. The van der Waals surface area contributed by atoms with Gasteiger partial charge in [0, 0.05) is 12.6 Å². The molecule has 0 spiro atoms. The van der Waals surface area contributed by atoms with Crippen LogP contribution in [0.15, 0.2) is 18.3 Å². The minimum Gasteiger partial charge on any atom is -0.480 e. The Morgan fingerprint density at radius 1 is 1.59 bits per heavy atom. The van der Waals surface area contributed by atoms with E-state index in [4.69, 9.17) is 15.4 Å². The summed E-state index contributed by atoms with van der Waals surface area (Å²) in [5.74, 6) is -1.51. The average Bonchev–Trinajstić information content (AvgIpc) is 2.18. The Balaban J connectivity index is 2.96. The van der Waals surface area contributed by atoms with E-state index in [1.54, 1.807) is 0 Å². The number of nitrogens with zero attached hydrogens (tertiary/aromatic N) is 1. The molecule has 0 aliphatic rings. The molecule has 1 atom stereocenters. The summed E-state index contributed by atoms with van der Waals surface area (Å²) in [4.78, 5) is 14.3. The van der Waals surface area contributed by atoms with Crippen molar-refractivity contribution < 1.29 is 27.1 Å². The summed E-state index contributed by atoms with van der Waals surface area (Å²) in [5.41, 5.74) is 5.30. The number of carbonyl (C=O) groups is 1. The monoisotopic (exact) mass is 262 g/mol. The molecule has 1 unspecified atom stereocenters. The maximum atomic E-state index is 10.5. The summed E-state index contributed by atoms with van der Waals surface area (Å²) in [6.45, 7) is 0. The Morgan fingerprint density at radius 3 is 2.76 bits per heavy atom. The van der Waals surface area contributed by atoms with Gasteiger partial charge < -0.3 is 15.0 Å². The minimum absolute atomic E-state index is 0.0278. The molecule has 1 aromatic heterocycles. The van der Waals surface area contributed by atoms with Crippen LogP contribution in [0.4, 0.5) is 0 Å². The second kappa shape index (κ2) is 5.08. The van der Waals surface area contributed by atoms with Crippen LogP contribution in [-0.2, 0) is 21.6 Å². The maximum Gasteiger partial charge on any atom is 0.446 e.